The lowest BCUT2D eigenvalue weighted by atomic mass is 9.94. The van der Waals surface area contributed by atoms with Gasteiger partial charge in [0.15, 0.2) is 0 Å². The second kappa shape index (κ2) is 6.10. The highest BCUT2D eigenvalue weighted by atomic mass is 32.1. The molecular formula is C14H21NOS. The average molecular weight is 251 g/mol. The molecule has 1 aromatic rings. The fourth-order valence-corrected chi connectivity index (χ4v) is 2.14. The quantitative estimate of drug-likeness (QED) is 0.792. The van der Waals surface area contributed by atoms with Crippen LogP contribution in [0.5, 0.6) is 0 Å². The van der Waals surface area contributed by atoms with E-state index in [4.69, 9.17) is 0 Å². The van der Waals surface area contributed by atoms with Gasteiger partial charge in [0.1, 0.15) is 0 Å². The maximum absolute atomic E-state index is 11.4. The van der Waals surface area contributed by atoms with Crippen molar-refractivity contribution < 1.29 is 4.79 Å². The number of carbonyl (C=O) groups is 1. The minimum absolute atomic E-state index is 0.0676. The molecule has 1 rings (SSSR count). The van der Waals surface area contributed by atoms with Gasteiger partial charge < -0.3 is 5.32 Å². The fourth-order valence-electron chi connectivity index (χ4n) is 1.94. The molecule has 0 saturated heterocycles. The average Bonchev–Trinajstić information content (AvgIpc) is 2.27. The summed E-state index contributed by atoms with van der Waals surface area (Å²) in [6.45, 7) is 9.07. The summed E-state index contributed by atoms with van der Waals surface area (Å²) in [6.07, 6.45) is 0.478. The fraction of sp³-hybridized carbons (Fsp3) is 0.500. The number of hydrogen-bond acceptors (Lipinski definition) is 2. The number of thiol groups is 1. The molecule has 0 atom stereocenters. The van der Waals surface area contributed by atoms with Gasteiger partial charge in [-0.1, -0.05) is 6.07 Å². The zero-order valence-electron chi connectivity index (χ0n) is 11.1. The van der Waals surface area contributed by atoms with Gasteiger partial charge in [-0.25, -0.2) is 0 Å². The molecule has 2 nitrogen and oxygen atoms in total. The van der Waals surface area contributed by atoms with E-state index in [1.807, 2.05) is 0 Å². The summed E-state index contributed by atoms with van der Waals surface area (Å²) < 4.78 is 0. The molecule has 0 saturated carbocycles. The third-order valence-corrected chi connectivity index (χ3v) is 3.55. The van der Waals surface area contributed by atoms with Crippen LogP contribution < -0.4 is 5.32 Å². The highest BCUT2D eigenvalue weighted by molar-refractivity contribution is 7.80. The maximum Gasteiger partial charge on any atom is 0.221 e. The normalized spacial score (nSPS) is 10.4. The summed E-state index contributed by atoms with van der Waals surface area (Å²) in [5.74, 6) is 0.661. The molecule has 0 radical (unpaired) electrons. The first-order valence-corrected chi connectivity index (χ1v) is 6.54. The van der Waals surface area contributed by atoms with E-state index in [0.717, 1.165) is 0 Å². The SMILES string of the molecule is Cc1cc(C)c(C)c(CNC(=O)CCS)c1C. The number of aryl methyl sites for hydroxylation is 2. The molecule has 0 aromatic heterocycles. The summed E-state index contributed by atoms with van der Waals surface area (Å²) in [7, 11) is 0. The Hall–Kier alpha value is -0.960. The van der Waals surface area contributed by atoms with E-state index in [1.165, 1.54) is 27.8 Å². The Morgan fingerprint density at radius 2 is 1.71 bits per heavy atom. The molecule has 0 aliphatic heterocycles. The van der Waals surface area contributed by atoms with Gasteiger partial charge in [-0.05, 0) is 61.3 Å². The summed E-state index contributed by atoms with van der Waals surface area (Å²) in [5.41, 5.74) is 6.37. The van der Waals surface area contributed by atoms with Gasteiger partial charge in [0, 0.05) is 13.0 Å². The van der Waals surface area contributed by atoms with Crippen molar-refractivity contribution in [3.63, 3.8) is 0 Å². The van der Waals surface area contributed by atoms with E-state index in [2.05, 4.69) is 51.7 Å². The van der Waals surface area contributed by atoms with Crippen LogP contribution in [-0.2, 0) is 11.3 Å². The minimum atomic E-state index is 0.0676. The smallest absolute Gasteiger partial charge is 0.221 e. The van der Waals surface area contributed by atoms with E-state index in [-0.39, 0.29) is 5.91 Å². The second-order valence-corrected chi connectivity index (χ2v) is 4.94. The molecule has 94 valence electrons. The maximum atomic E-state index is 11.4. The molecule has 0 aliphatic rings. The first kappa shape index (κ1) is 14.1. The summed E-state index contributed by atoms with van der Waals surface area (Å²) in [5, 5.41) is 2.95. The third kappa shape index (κ3) is 3.50. The van der Waals surface area contributed by atoms with Crippen LogP contribution in [0.25, 0.3) is 0 Å². The molecule has 0 aliphatic carbocycles. The highest BCUT2D eigenvalue weighted by Gasteiger charge is 2.09. The van der Waals surface area contributed by atoms with E-state index in [1.54, 1.807) is 0 Å². The van der Waals surface area contributed by atoms with Crippen LogP contribution in [0.15, 0.2) is 6.07 Å². The molecule has 1 aromatic carbocycles. The van der Waals surface area contributed by atoms with Gasteiger partial charge in [-0.15, -0.1) is 0 Å². The van der Waals surface area contributed by atoms with E-state index in [9.17, 15) is 4.79 Å². The summed E-state index contributed by atoms with van der Waals surface area (Å²) in [4.78, 5) is 11.4. The molecule has 0 unspecified atom stereocenters. The lowest BCUT2D eigenvalue weighted by molar-refractivity contribution is -0.120. The van der Waals surface area contributed by atoms with Crippen molar-refractivity contribution in [3.8, 4) is 0 Å². The lowest BCUT2D eigenvalue weighted by Crippen LogP contribution is -2.24. The molecule has 0 fully saturated rings. The predicted molar refractivity (Wildman–Crippen MR) is 75.7 cm³/mol. The second-order valence-electron chi connectivity index (χ2n) is 4.49. The Balaban J connectivity index is 2.87. The monoisotopic (exact) mass is 251 g/mol. The number of benzene rings is 1. The lowest BCUT2D eigenvalue weighted by Gasteiger charge is -2.15. The van der Waals surface area contributed by atoms with Crippen LogP contribution in [0.2, 0.25) is 0 Å². The third-order valence-electron chi connectivity index (χ3n) is 3.32. The topological polar surface area (TPSA) is 29.1 Å². The van der Waals surface area contributed by atoms with Crippen molar-refractivity contribution in [2.75, 3.05) is 5.75 Å². The van der Waals surface area contributed by atoms with E-state index < -0.39 is 0 Å². The predicted octanol–water partition coefficient (Wildman–Crippen LogP) is 2.86. The van der Waals surface area contributed by atoms with E-state index >= 15 is 0 Å². The number of amides is 1. The zero-order chi connectivity index (χ0) is 13.0. The van der Waals surface area contributed by atoms with Crippen molar-refractivity contribution in [1.82, 2.24) is 5.32 Å². The van der Waals surface area contributed by atoms with Gasteiger partial charge in [0.25, 0.3) is 0 Å². The van der Waals surface area contributed by atoms with Crippen LogP contribution in [0.1, 0.15) is 34.2 Å². The number of carbonyl (C=O) groups excluding carboxylic acids is 1. The molecule has 1 N–H and O–H groups in total. The number of rotatable bonds is 4. The molecule has 0 bridgehead atoms. The molecule has 3 heteroatoms. The van der Waals surface area contributed by atoms with Gasteiger partial charge in [-0.2, -0.15) is 12.6 Å². The Kier molecular flexibility index (Phi) is 5.06. The minimum Gasteiger partial charge on any atom is -0.352 e. The standard InChI is InChI=1S/C14H21NOS/c1-9-7-10(2)12(4)13(11(9)3)8-15-14(16)5-6-17/h7,17H,5-6,8H2,1-4H3,(H,15,16). The molecule has 0 spiro atoms. The molecule has 1 amide bonds. The Labute approximate surface area is 109 Å². The summed E-state index contributed by atoms with van der Waals surface area (Å²) in [6, 6.07) is 2.20. The van der Waals surface area contributed by atoms with E-state index in [0.29, 0.717) is 18.7 Å². The first-order valence-electron chi connectivity index (χ1n) is 5.91. The van der Waals surface area contributed by atoms with Crippen LogP contribution in [-0.4, -0.2) is 11.7 Å². The van der Waals surface area contributed by atoms with Gasteiger partial charge in [0.05, 0.1) is 0 Å². The van der Waals surface area contributed by atoms with Crippen LogP contribution in [0.4, 0.5) is 0 Å². The Morgan fingerprint density at radius 1 is 1.18 bits per heavy atom. The Morgan fingerprint density at radius 3 is 2.18 bits per heavy atom. The highest BCUT2D eigenvalue weighted by Crippen LogP contribution is 2.21. The van der Waals surface area contributed by atoms with Crippen LogP contribution >= 0.6 is 12.6 Å². The van der Waals surface area contributed by atoms with Crippen LogP contribution in [0.3, 0.4) is 0 Å². The van der Waals surface area contributed by atoms with Crippen molar-refractivity contribution >= 4 is 18.5 Å². The zero-order valence-corrected chi connectivity index (χ0v) is 11.9. The van der Waals surface area contributed by atoms with Crippen molar-refractivity contribution in [1.29, 1.82) is 0 Å². The summed E-state index contributed by atoms with van der Waals surface area (Å²) >= 11 is 4.05. The van der Waals surface area contributed by atoms with Crippen molar-refractivity contribution in [2.24, 2.45) is 0 Å². The van der Waals surface area contributed by atoms with Crippen LogP contribution in [0, 0.1) is 27.7 Å². The van der Waals surface area contributed by atoms with Gasteiger partial charge in [-0.3, -0.25) is 4.79 Å². The number of hydrogen-bond donors (Lipinski definition) is 2. The van der Waals surface area contributed by atoms with Gasteiger partial charge >= 0.3 is 0 Å². The molecular weight excluding hydrogens is 230 g/mol. The van der Waals surface area contributed by atoms with Crippen molar-refractivity contribution in [3.05, 3.63) is 33.9 Å². The van der Waals surface area contributed by atoms with Crippen molar-refractivity contribution in [2.45, 2.75) is 40.7 Å². The number of nitrogens with one attached hydrogen (secondary N) is 1. The largest absolute Gasteiger partial charge is 0.352 e. The first-order chi connectivity index (χ1) is 7.97. The Bertz CT molecular complexity index is 400. The molecule has 0 heterocycles. The van der Waals surface area contributed by atoms with Gasteiger partial charge in [0.2, 0.25) is 5.91 Å². The molecule has 17 heavy (non-hydrogen) atoms.